The molecule has 0 aliphatic rings. The maximum absolute atomic E-state index is 11.9. The molecule has 0 saturated carbocycles. The Hall–Kier alpha value is -1.72. The second-order valence-corrected chi connectivity index (χ2v) is 6.38. The van der Waals surface area contributed by atoms with Gasteiger partial charge in [-0.1, -0.05) is 31.2 Å². The molecule has 0 bridgehead atoms. The third-order valence-corrected chi connectivity index (χ3v) is 4.51. The summed E-state index contributed by atoms with van der Waals surface area (Å²) < 4.78 is 5.05. The average Bonchev–Trinajstić information content (AvgIpc) is 3.01. The van der Waals surface area contributed by atoms with Crippen molar-refractivity contribution < 1.29 is 9.53 Å². The minimum atomic E-state index is 0.0944. The number of amides is 1. The monoisotopic (exact) mass is 332 g/mol. The maximum atomic E-state index is 11.9. The number of rotatable bonds is 9. The summed E-state index contributed by atoms with van der Waals surface area (Å²) in [6.07, 6.45) is 3.11. The summed E-state index contributed by atoms with van der Waals surface area (Å²) in [6.45, 7) is 3.32. The molecular weight excluding hydrogens is 308 g/mol. The SMILES string of the molecule is CCc1ccc(CCC(=O)NCCc2csc(COC)n2)cc1. The standard InChI is InChI=1S/C18H24N2O2S/c1-3-14-4-6-15(7-5-14)8-9-17(21)19-11-10-16-13-23-18(20-16)12-22-2/h4-7,13H,3,8-12H2,1-2H3,(H,19,21). The molecule has 1 aromatic carbocycles. The van der Waals surface area contributed by atoms with Gasteiger partial charge in [-0.2, -0.15) is 0 Å². The smallest absolute Gasteiger partial charge is 0.220 e. The van der Waals surface area contributed by atoms with Crippen LogP contribution in [-0.2, 0) is 35.4 Å². The Kier molecular flexibility index (Phi) is 7.23. The van der Waals surface area contributed by atoms with Crippen LogP contribution in [0.5, 0.6) is 0 Å². The number of carbonyl (C=O) groups excluding carboxylic acids is 1. The molecule has 5 heteroatoms. The van der Waals surface area contributed by atoms with E-state index < -0.39 is 0 Å². The van der Waals surface area contributed by atoms with Gasteiger partial charge in [0.2, 0.25) is 5.91 Å². The summed E-state index contributed by atoms with van der Waals surface area (Å²) >= 11 is 1.59. The van der Waals surface area contributed by atoms with Gasteiger partial charge in [0, 0.05) is 31.9 Å². The van der Waals surface area contributed by atoms with Crippen molar-refractivity contribution in [2.24, 2.45) is 0 Å². The molecule has 1 N–H and O–H groups in total. The zero-order chi connectivity index (χ0) is 16.5. The molecule has 0 aliphatic heterocycles. The van der Waals surface area contributed by atoms with Crippen LogP contribution in [0.2, 0.25) is 0 Å². The Balaban J connectivity index is 1.66. The molecule has 1 amide bonds. The number of nitrogens with one attached hydrogen (secondary N) is 1. The Morgan fingerprint density at radius 3 is 2.65 bits per heavy atom. The number of benzene rings is 1. The van der Waals surface area contributed by atoms with Gasteiger partial charge in [0.05, 0.1) is 12.3 Å². The number of methoxy groups -OCH3 is 1. The second-order valence-electron chi connectivity index (χ2n) is 5.44. The lowest BCUT2D eigenvalue weighted by Gasteiger charge is -2.05. The molecule has 2 aromatic rings. The van der Waals surface area contributed by atoms with E-state index in [1.807, 2.05) is 5.38 Å². The number of carbonyl (C=O) groups is 1. The van der Waals surface area contributed by atoms with Crippen LogP contribution in [0.3, 0.4) is 0 Å². The molecule has 0 fully saturated rings. The van der Waals surface area contributed by atoms with Gasteiger partial charge in [0.1, 0.15) is 5.01 Å². The summed E-state index contributed by atoms with van der Waals surface area (Å²) in [5.74, 6) is 0.0944. The van der Waals surface area contributed by atoms with E-state index in [4.69, 9.17) is 4.74 Å². The fraction of sp³-hybridized carbons (Fsp3) is 0.444. The lowest BCUT2D eigenvalue weighted by molar-refractivity contribution is -0.121. The first-order valence-electron chi connectivity index (χ1n) is 7.98. The summed E-state index contributed by atoms with van der Waals surface area (Å²) in [5.41, 5.74) is 3.55. The molecule has 0 aliphatic carbocycles. The van der Waals surface area contributed by atoms with E-state index in [9.17, 15) is 4.79 Å². The minimum Gasteiger partial charge on any atom is -0.378 e. The van der Waals surface area contributed by atoms with Gasteiger partial charge in [-0.3, -0.25) is 4.79 Å². The average molecular weight is 332 g/mol. The lowest BCUT2D eigenvalue weighted by atomic mass is 10.1. The van der Waals surface area contributed by atoms with Gasteiger partial charge in [-0.25, -0.2) is 4.98 Å². The van der Waals surface area contributed by atoms with Crippen molar-refractivity contribution in [1.29, 1.82) is 0 Å². The Bertz CT molecular complexity index is 608. The van der Waals surface area contributed by atoms with Crippen LogP contribution in [0, 0.1) is 0 Å². The van der Waals surface area contributed by atoms with Gasteiger partial charge in [-0.15, -0.1) is 11.3 Å². The molecular formula is C18H24N2O2S. The summed E-state index contributed by atoms with van der Waals surface area (Å²) in [4.78, 5) is 16.3. The Morgan fingerprint density at radius 2 is 1.96 bits per heavy atom. The van der Waals surface area contributed by atoms with Crippen molar-refractivity contribution >= 4 is 17.2 Å². The van der Waals surface area contributed by atoms with Gasteiger partial charge >= 0.3 is 0 Å². The molecule has 0 unspecified atom stereocenters. The minimum absolute atomic E-state index is 0.0944. The molecule has 1 heterocycles. The van der Waals surface area contributed by atoms with Crippen LogP contribution in [0.15, 0.2) is 29.6 Å². The fourth-order valence-corrected chi connectivity index (χ4v) is 3.07. The fourth-order valence-electron chi connectivity index (χ4n) is 2.27. The summed E-state index contributed by atoms with van der Waals surface area (Å²) in [5, 5.41) is 5.96. The highest BCUT2D eigenvalue weighted by molar-refractivity contribution is 7.09. The molecule has 23 heavy (non-hydrogen) atoms. The summed E-state index contributed by atoms with van der Waals surface area (Å²) in [6, 6.07) is 8.48. The highest BCUT2D eigenvalue weighted by Gasteiger charge is 2.05. The van der Waals surface area contributed by atoms with E-state index in [-0.39, 0.29) is 5.91 Å². The van der Waals surface area contributed by atoms with Crippen LogP contribution in [-0.4, -0.2) is 24.5 Å². The number of hydrogen-bond donors (Lipinski definition) is 1. The van der Waals surface area contributed by atoms with Crippen LogP contribution in [0.4, 0.5) is 0 Å². The van der Waals surface area contributed by atoms with E-state index in [1.54, 1.807) is 18.4 Å². The van der Waals surface area contributed by atoms with Crippen molar-refractivity contribution in [1.82, 2.24) is 10.3 Å². The first-order chi connectivity index (χ1) is 11.2. The third-order valence-electron chi connectivity index (χ3n) is 3.64. The molecule has 1 aromatic heterocycles. The number of thiazole rings is 1. The quantitative estimate of drug-likeness (QED) is 0.767. The first-order valence-corrected chi connectivity index (χ1v) is 8.86. The van der Waals surface area contributed by atoms with E-state index in [2.05, 4.69) is 41.5 Å². The van der Waals surface area contributed by atoms with E-state index in [1.165, 1.54) is 11.1 Å². The number of aryl methyl sites for hydroxylation is 2. The molecule has 0 saturated heterocycles. The molecule has 0 spiro atoms. The topological polar surface area (TPSA) is 51.2 Å². The van der Waals surface area contributed by atoms with E-state index in [0.29, 0.717) is 19.6 Å². The van der Waals surface area contributed by atoms with Crippen LogP contribution < -0.4 is 5.32 Å². The molecule has 124 valence electrons. The van der Waals surface area contributed by atoms with Crippen molar-refractivity contribution in [3.63, 3.8) is 0 Å². The largest absolute Gasteiger partial charge is 0.378 e. The normalized spacial score (nSPS) is 10.7. The van der Waals surface area contributed by atoms with Crippen LogP contribution in [0.25, 0.3) is 0 Å². The van der Waals surface area contributed by atoms with Crippen LogP contribution >= 0.6 is 11.3 Å². The molecule has 4 nitrogen and oxygen atoms in total. The lowest BCUT2D eigenvalue weighted by Crippen LogP contribution is -2.25. The highest BCUT2D eigenvalue weighted by atomic mass is 32.1. The number of hydrogen-bond acceptors (Lipinski definition) is 4. The van der Waals surface area contributed by atoms with E-state index in [0.717, 1.165) is 30.0 Å². The number of aromatic nitrogens is 1. The Labute approximate surface area is 141 Å². The summed E-state index contributed by atoms with van der Waals surface area (Å²) in [7, 11) is 1.66. The molecule has 2 rings (SSSR count). The Morgan fingerprint density at radius 1 is 1.22 bits per heavy atom. The third kappa shape index (κ3) is 6.12. The van der Waals surface area contributed by atoms with Gasteiger partial charge < -0.3 is 10.1 Å². The van der Waals surface area contributed by atoms with Gasteiger partial charge in [0.25, 0.3) is 0 Å². The number of nitrogens with zero attached hydrogens (tertiary/aromatic N) is 1. The van der Waals surface area contributed by atoms with Crippen LogP contribution in [0.1, 0.15) is 35.2 Å². The van der Waals surface area contributed by atoms with E-state index >= 15 is 0 Å². The maximum Gasteiger partial charge on any atom is 0.220 e. The van der Waals surface area contributed by atoms with Crippen molar-refractivity contribution in [3.05, 3.63) is 51.5 Å². The van der Waals surface area contributed by atoms with Crippen molar-refractivity contribution in [2.45, 2.75) is 39.2 Å². The van der Waals surface area contributed by atoms with Crippen molar-refractivity contribution in [2.75, 3.05) is 13.7 Å². The highest BCUT2D eigenvalue weighted by Crippen LogP contribution is 2.11. The zero-order valence-corrected chi connectivity index (χ0v) is 14.6. The first kappa shape index (κ1) is 17.6. The zero-order valence-electron chi connectivity index (χ0n) is 13.8. The van der Waals surface area contributed by atoms with Crippen molar-refractivity contribution in [3.8, 4) is 0 Å². The van der Waals surface area contributed by atoms with Gasteiger partial charge in [0.15, 0.2) is 0 Å². The second kappa shape index (κ2) is 9.43. The number of ether oxygens (including phenoxy) is 1. The molecule has 0 radical (unpaired) electrons. The van der Waals surface area contributed by atoms with Gasteiger partial charge in [-0.05, 0) is 24.0 Å². The predicted molar refractivity (Wildman–Crippen MR) is 93.7 cm³/mol. The predicted octanol–water partition coefficient (Wildman–Crippen LogP) is 3.14. The molecule has 0 atom stereocenters.